The average Bonchev–Trinajstić information content (AvgIpc) is 2.67. The summed E-state index contributed by atoms with van der Waals surface area (Å²) in [7, 11) is 1.74. The molecular formula is C22H19F3N2O. The fourth-order valence-electron chi connectivity index (χ4n) is 3.08. The van der Waals surface area contributed by atoms with E-state index in [1.165, 1.54) is 12.1 Å². The third-order valence-electron chi connectivity index (χ3n) is 4.34. The lowest BCUT2D eigenvalue weighted by molar-refractivity contribution is -0.117. The molecule has 1 N–H and O–H groups in total. The Hall–Kier alpha value is -3.12. The van der Waals surface area contributed by atoms with Crippen molar-refractivity contribution in [3.63, 3.8) is 0 Å². The lowest BCUT2D eigenvalue weighted by Crippen LogP contribution is -2.34. The number of rotatable bonds is 6. The van der Waals surface area contributed by atoms with Gasteiger partial charge in [-0.2, -0.15) is 0 Å². The van der Waals surface area contributed by atoms with Crippen LogP contribution in [0.1, 0.15) is 17.2 Å². The molecule has 0 spiro atoms. The topological polar surface area (TPSA) is 32.3 Å². The monoisotopic (exact) mass is 384 g/mol. The van der Waals surface area contributed by atoms with Crippen molar-refractivity contribution in [2.24, 2.45) is 0 Å². The second-order valence-electron chi connectivity index (χ2n) is 6.45. The number of amides is 1. The van der Waals surface area contributed by atoms with Gasteiger partial charge in [-0.3, -0.25) is 9.69 Å². The van der Waals surface area contributed by atoms with Crippen molar-refractivity contribution < 1.29 is 18.0 Å². The average molecular weight is 384 g/mol. The molecule has 0 heterocycles. The van der Waals surface area contributed by atoms with Crippen LogP contribution in [0, 0.1) is 17.5 Å². The molecule has 0 saturated heterocycles. The van der Waals surface area contributed by atoms with E-state index in [2.05, 4.69) is 5.32 Å². The van der Waals surface area contributed by atoms with E-state index in [4.69, 9.17) is 0 Å². The van der Waals surface area contributed by atoms with Crippen LogP contribution in [0.4, 0.5) is 18.9 Å². The summed E-state index contributed by atoms with van der Waals surface area (Å²) in [6.07, 6.45) is 0. The van der Waals surface area contributed by atoms with Crippen molar-refractivity contribution in [2.45, 2.75) is 6.04 Å². The highest BCUT2D eigenvalue weighted by Crippen LogP contribution is 2.27. The van der Waals surface area contributed by atoms with Crippen LogP contribution in [0.15, 0.2) is 72.8 Å². The first kappa shape index (κ1) is 19.6. The molecular weight excluding hydrogens is 365 g/mol. The fourth-order valence-corrected chi connectivity index (χ4v) is 3.08. The van der Waals surface area contributed by atoms with Gasteiger partial charge in [0, 0.05) is 6.07 Å². The van der Waals surface area contributed by atoms with Gasteiger partial charge in [0.15, 0.2) is 0 Å². The summed E-state index contributed by atoms with van der Waals surface area (Å²) in [5.41, 5.74) is 1.51. The molecule has 1 unspecified atom stereocenters. The molecule has 144 valence electrons. The Kier molecular flexibility index (Phi) is 6.11. The van der Waals surface area contributed by atoms with Crippen molar-refractivity contribution in [1.29, 1.82) is 0 Å². The van der Waals surface area contributed by atoms with Crippen LogP contribution in [0.25, 0.3) is 0 Å². The molecule has 0 aliphatic rings. The molecule has 6 heteroatoms. The van der Waals surface area contributed by atoms with Gasteiger partial charge < -0.3 is 5.32 Å². The minimum atomic E-state index is -0.712. The van der Waals surface area contributed by atoms with Gasteiger partial charge in [-0.05, 0) is 42.4 Å². The zero-order valence-corrected chi connectivity index (χ0v) is 15.2. The van der Waals surface area contributed by atoms with Crippen LogP contribution in [0.5, 0.6) is 0 Å². The lowest BCUT2D eigenvalue weighted by atomic mass is 9.97. The van der Waals surface area contributed by atoms with Crippen LogP contribution >= 0.6 is 0 Å². The quantitative estimate of drug-likeness (QED) is 0.664. The van der Waals surface area contributed by atoms with Gasteiger partial charge >= 0.3 is 0 Å². The van der Waals surface area contributed by atoms with E-state index >= 15 is 0 Å². The van der Waals surface area contributed by atoms with E-state index < -0.39 is 17.5 Å². The Morgan fingerprint density at radius 3 is 2.18 bits per heavy atom. The predicted molar refractivity (Wildman–Crippen MR) is 102 cm³/mol. The van der Waals surface area contributed by atoms with Gasteiger partial charge in [-0.15, -0.1) is 0 Å². The molecule has 1 atom stereocenters. The van der Waals surface area contributed by atoms with Crippen molar-refractivity contribution in [1.82, 2.24) is 4.90 Å². The van der Waals surface area contributed by atoms with Crippen molar-refractivity contribution >= 4 is 11.6 Å². The molecule has 0 saturated carbocycles. The summed E-state index contributed by atoms with van der Waals surface area (Å²) in [5, 5.41) is 2.39. The summed E-state index contributed by atoms with van der Waals surface area (Å²) in [6, 6.07) is 18.1. The van der Waals surface area contributed by atoms with Gasteiger partial charge in [0.2, 0.25) is 5.91 Å². The molecule has 3 rings (SSSR count). The molecule has 0 radical (unpaired) electrons. The van der Waals surface area contributed by atoms with E-state index in [9.17, 15) is 18.0 Å². The highest BCUT2D eigenvalue weighted by molar-refractivity contribution is 5.92. The summed E-state index contributed by atoms with van der Waals surface area (Å²) in [6.45, 7) is -0.0765. The highest BCUT2D eigenvalue weighted by atomic mass is 19.1. The summed E-state index contributed by atoms with van der Waals surface area (Å²) < 4.78 is 40.4. The third kappa shape index (κ3) is 4.78. The fraction of sp³-hybridized carbons (Fsp3) is 0.136. The molecule has 0 aromatic heterocycles. The Bertz CT molecular complexity index is 946. The van der Waals surface area contributed by atoms with Crippen LogP contribution in [-0.2, 0) is 4.79 Å². The number of anilines is 1. The number of likely N-dealkylation sites (N-methyl/N-ethyl adjacent to an activating group) is 1. The van der Waals surface area contributed by atoms with Crippen LogP contribution in [0.3, 0.4) is 0 Å². The van der Waals surface area contributed by atoms with Crippen LogP contribution < -0.4 is 5.32 Å². The Morgan fingerprint density at radius 1 is 0.893 bits per heavy atom. The zero-order valence-electron chi connectivity index (χ0n) is 15.2. The molecule has 1 amide bonds. The number of halogens is 3. The normalized spacial score (nSPS) is 12.0. The molecule has 3 aromatic rings. The standard InChI is InChI=1S/C22H19F3N2O/c1-27(14-21(28)26-20-13-18(24)11-12-19(20)25)22(15-5-3-2-4-6-15)16-7-9-17(23)10-8-16/h2-13,22H,14H2,1H3,(H,26,28). The van der Waals surface area contributed by atoms with Gasteiger partial charge in [0.25, 0.3) is 0 Å². The van der Waals surface area contributed by atoms with Crippen LogP contribution in [-0.4, -0.2) is 24.4 Å². The minimum Gasteiger partial charge on any atom is -0.322 e. The Morgan fingerprint density at radius 2 is 1.50 bits per heavy atom. The van der Waals surface area contributed by atoms with E-state index in [-0.39, 0.29) is 24.1 Å². The van der Waals surface area contributed by atoms with E-state index in [1.54, 1.807) is 24.1 Å². The molecule has 0 bridgehead atoms. The molecule has 3 nitrogen and oxygen atoms in total. The van der Waals surface area contributed by atoms with Gasteiger partial charge in [0.1, 0.15) is 17.5 Å². The Balaban J connectivity index is 1.81. The van der Waals surface area contributed by atoms with Crippen molar-refractivity contribution in [2.75, 3.05) is 18.9 Å². The maximum Gasteiger partial charge on any atom is 0.238 e. The van der Waals surface area contributed by atoms with E-state index in [1.807, 2.05) is 30.3 Å². The third-order valence-corrected chi connectivity index (χ3v) is 4.34. The SMILES string of the molecule is CN(CC(=O)Nc1cc(F)ccc1F)C(c1ccccc1)c1ccc(F)cc1. The second-order valence-corrected chi connectivity index (χ2v) is 6.45. The molecule has 0 fully saturated rings. The first-order chi connectivity index (χ1) is 13.4. The number of carbonyl (C=O) groups is 1. The van der Waals surface area contributed by atoms with Crippen molar-refractivity contribution in [3.05, 3.63) is 101 Å². The number of benzene rings is 3. The van der Waals surface area contributed by atoms with Gasteiger partial charge in [-0.25, -0.2) is 13.2 Å². The maximum absolute atomic E-state index is 13.8. The van der Waals surface area contributed by atoms with Gasteiger partial charge in [-0.1, -0.05) is 42.5 Å². The second kappa shape index (κ2) is 8.71. The highest BCUT2D eigenvalue weighted by Gasteiger charge is 2.22. The number of nitrogens with one attached hydrogen (secondary N) is 1. The first-order valence-corrected chi connectivity index (χ1v) is 8.69. The maximum atomic E-state index is 13.8. The largest absolute Gasteiger partial charge is 0.322 e. The predicted octanol–water partition coefficient (Wildman–Crippen LogP) is 4.76. The van der Waals surface area contributed by atoms with Crippen LogP contribution in [0.2, 0.25) is 0 Å². The zero-order chi connectivity index (χ0) is 20.1. The Labute approximate surface area is 161 Å². The molecule has 3 aromatic carbocycles. The molecule has 28 heavy (non-hydrogen) atoms. The minimum absolute atomic E-state index is 0.0765. The van der Waals surface area contributed by atoms with E-state index in [0.29, 0.717) is 0 Å². The lowest BCUT2D eigenvalue weighted by Gasteiger charge is -2.28. The summed E-state index contributed by atoms with van der Waals surface area (Å²) >= 11 is 0. The smallest absolute Gasteiger partial charge is 0.238 e. The molecule has 0 aliphatic carbocycles. The number of hydrogen-bond acceptors (Lipinski definition) is 2. The number of hydrogen-bond donors (Lipinski definition) is 1. The number of carbonyl (C=O) groups excluding carboxylic acids is 1. The summed E-state index contributed by atoms with van der Waals surface area (Å²) in [5.74, 6) is -2.19. The molecule has 0 aliphatic heterocycles. The van der Waals surface area contributed by atoms with Crippen molar-refractivity contribution in [3.8, 4) is 0 Å². The van der Waals surface area contributed by atoms with Gasteiger partial charge in [0.05, 0.1) is 18.3 Å². The number of nitrogens with zero attached hydrogens (tertiary/aromatic N) is 1. The van der Waals surface area contributed by atoms with E-state index in [0.717, 1.165) is 29.3 Å². The summed E-state index contributed by atoms with van der Waals surface area (Å²) in [4.78, 5) is 14.2. The first-order valence-electron chi connectivity index (χ1n) is 8.69.